The van der Waals surface area contributed by atoms with Gasteiger partial charge in [0.1, 0.15) is 0 Å². The van der Waals surface area contributed by atoms with Gasteiger partial charge in [-0.3, -0.25) is 0 Å². The summed E-state index contributed by atoms with van der Waals surface area (Å²) in [5.41, 5.74) is 0. The lowest BCUT2D eigenvalue weighted by molar-refractivity contribution is 0.267. The van der Waals surface area contributed by atoms with Gasteiger partial charge in [0.05, 0.1) is 0 Å². The highest BCUT2D eigenvalue weighted by Gasteiger charge is 2.34. The third-order valence-electron chi connectivity index (χ3n) is 3.23. The van der Waals surface area contributed by atoms with Crippen molar-refractivity contribution in [1.29, 1.82) is 0 Å². The van der Waals surface area contributed by atoms with Gasteiger partial charge in [-0.1, -0.05) is 51.9 Å². The quantitative estimate of drug-likeness (QED) is 0.573. The Balaban J connectivity index is 1.75. The molecule has 0 radical (unpaired) electrons. The van der Waals surface area contributed by atoms with Crippen molar-refractivity contribution in [3.05, 3.63) is 0 Å². The van der Waals surface area contributed by atoms with E-state index in [1.807, 2.05) is 0 Å². The van der Waals surface area contributed by atoms with Crippen LogP contribution in [-0.2, 0) is 0 Å². The van der Waals surface area contributed by atoms with E-state index in [2.05, 4.69) is 6.92 Å². The van der Waals surface area contributed by atoms with E-state index in [4.69, 9.17) is 5.11 Å². The molecule has 1 fully saturated rings. The van der Waals surface area contributed by atoms with E-state index in [1.165, 1.54) is 51.4 Å². The molecule has 1 N–H and O–H groups in total. The second-order valence-electron chi connectivity index (χ2n) is 4.49. The first-order valence-electron chi connectivity index (χ1n) is 5.99. The van der Waals surface area contributed by atoms with Crippen LogP contribution in [0.15, 0.2) is 0 Å². The minimum atomic E-state index is 0.431. The highest BCUT2D eigenvalue weighted by atomic mass is 16.3. The summed E-state index contributed by atoms with van der Waals surface area (Å²) in [5, 5.41) is 8.85. The Labute approximate surface area is 82.5 Å². The van der Waals surface area contributed by atoms with E-state index in [0.717, 1.165) is 5.92 Å². The van der Waals surface area contributed by atoms with Gasteiger partial charge in [0.25, 0.3) is 0 Å². The van der Waals surface area contributed by atoms with Gasteiger partial charge in [-0.25, -0.2) is 0 Å². The Kier molecular flexibility index (Phi) is 5.45. The summed E-state index contributed by atoms with van der Waals surface area (Å²) in [6.45, 7) is 2.69. The summed E-state index contributed by atoms with van der Waals surface area (Å²) in [7, 11) is 0. The monoisotopic (exact) mass is 184 g/mol. The van der Waals surface area contributed by atoms with Crippen LogP contribution in [0.4, 0.5) is 0 Å². The fraction of sp³-hybridized carbons (Fsp3) is 1.00. The molecule has 0 aliphatic heterocycles. The fourth-order valence-electron chi connectivity index (χ4n) is 2.07. The molecule has 0 unspecified atom stereocenters. The molecule has 0 aromatic carbocycles. The van der Waals surface area contributed by atoms with Gasteiger partial charge in [-0.2, -0.15) is 0 Å². The number of aliphatic hydroxyl groups excluding tert-OH is 1. The number of aliphatic hydroxyl groups is 1. The highest BCUT2D eigenvalue weighted by Crippen LogP contribution is 2.41. The van der Waals surface area contributed by atoms with Gasteiger partial charge in [0, 0.05) is 6.61 Å². The second kappa shape index (κ2) is 6.42. The lowest BCUT2D eigenvalue weighted by Crippen LogP contribution is -1.89. The molecular weight excluding hydrogens is 160 g/mol. The zero-order chi connectivity index (χ0) is 9.52. The zero-order valence-electron chi connectivity index (χ0n) is 8.97. The van der Waals surface area contributed by atoms with Crippen LogP contribution in [0.25, 0.3) is 0 Å². The highest BCUT2D eigenvalue weighted by molar-refractivity contribution is 4.84. The van der Waals surface area contributed by atoms with Gasteiger partial charge in [0.15, 0.2) is 0 Å². The molecule has 1 saturated carbocycles. The van der Waals surface area contributed by atoms with Gasteiger partial charge >= 0.3 is 0 Å². The van der Waals surface area contributed by atoms with Crippen LogP contribution in [0.5, 0.6) is 0 Å². The molecule has 1 aliphatic rings. The van der Waals surface area contributed by atoms with Gasteiger partial charge in [-0.15, -0.1) is 0 Å². The number of rotatable bonds is 8. The number of hydrogen-bond donors (Lipinski definition) is 1. The second-order valence-corrected chi connectivity index (χ2v) is 4.49. The molecule has 78 valence electrons. The average molecular weight is 184 g/mol. The summed E-state index contributed by atoms with van der Waals surface area (Å²) in [5.74, 6) is 1.56. The van der Waals surface area contributed by atoms with E-state index < -0.39 is 0 Å². The first-order valence-corrected chi connectivity index (χ1v) is 5.99. The molecule has 0 heterocycles. The molecule has 0 bridgehead atoms. The Hall–Kier alpha value is -0.0400. The first kappa shape index (κ1) is 11.0. The Morgan fingerprint density at radius 1 is 1.00 bits per heavy atom. The predicted octanol–water partition coefficient (Wildman–Crippen LogP) is 3.37. The van der Waals surface area contributed by atoms with Crippen molar-refractivity contribution < 1.29 is 5.11 Å². The molecule has 1 rings (SSSR count). The van der Waals surface area contributed by atoms with E-state index in [0.29, 0.717) is 12.5 Å². The zero-order valence-corrected chi connectivity index (χ0v) is 8.97. The summed E-state index contributed by atoms with van der Waals surface area (Å²) in [6, 6.07) is 0. The third-order valence-corrected chi connectivity index (χ3v) is 3.23. The van der Waals surface area contributed by atoms with Crippen molar-refractivity contribution in [2.45, 2.75) is 58.3 Å². The van der Waals surface area contributed by atoms with Crippen LogP contribution < -0.4 is 0 Å². The van der Waals surface area contributed by atoms with Crippen LogP contribution in [0.3, 0.4) is 0 Å². The average Bonchev–Trinajstić information content (AvgIpc) is 2.90. The maximum Gasteiger partial charge on any atom is 0.0462 e. The van der Waals surface area contributed by atoms with Crippen LogP contribution in [0.1, 0.15) is 58.3 Å². The Morgan fingerprint density at radius 2 is 1.69 bits per heavy atom. The Bertz CT molecular complexity index is 122. The molecule has 13 heavy (non-hydrogen) atoms. The summed E-state index contributed by atoms with van der Waals surface area (Å²) in [4.78, 5) is 0. The topological polar surface area (TPSA) is 20.2 Å². The van der Waals surface area contributed by atoms with Crippen LogP contribution in [0, 0.1) is 11.8 Å². The maximum absolute atomic E-state index is 8.85. The lowest BCUT2D eigenvalue weighted by atomic mass is 10.1. The molecule has 0 saturated heterocycles. The largest absolute Gasteiger partial charge is 0.396 e. The molecule has 0 amide bonds. The summed E-state index contributed by atoms with van der Waals surface area (Å²) >= 11 is 0. The van der Waals surface area contributed by atoms with Crippen molar-refractivity contribution in [2.24, 2.45) is 11.8 Å². The van der Waals surface area contributed by atoms with Gasteiger partial charge < -0.3 is 5.11 Å². The fourth-order valence-corrected chi connectivity index (χ4v) is 2.07. The van der Waals surface area contributed by atoms with Gasteiger partial charge in [-0.05, 0) is 18.3 Å². The van der Waals surface area contributed by atoms with Crippen LogP contribution >= 0.6 is 0 Å². The molecular formula is C12H24O. The van der Waals surface area contributed by atoms with E-state index in [9.17, 15) is 0 Å². The van der Waals surface area contributed by atoms with Gasteiger partial charge in [0.2, 0.25) is 0 Å². The molecule has 2 atom stereocenters. The lowest BCUT2D eigenvalue weighted by Gasteiger charge is -1.99. The number of hydrogen-bond acceptors (Lipinski definition) is 1. The van der Waals surface area contributed by atoms with Crippen molar-refractivity contribution in [1.82, 2.24) is 0 Å². The van der Waals surface area contributed by atoms with Crippen molar-refractivity contribution >= 4 is 0 Å². The standard InChI is InChI=1S/C12H24O/c1-2-3-4-5-6-7-8-11-9-12(11)10-13/h11-13H,2-10H2,1H3/t11-,12-/m0/s1. The molecule has 1 nitrogen and oxygen atoms in total. The SMILES string of the molecule is CCCCCCCC[C@H]1C[C@H]1CO. The van der Waals surface area contributed by atoms with Crippen molar-refractivity contribution in [2.75, 3.05) is 6.61 Å². The molecule has 0 aromatic heterocycles. The molecule has 0 spiro atoms. The van der Waals surface area contributed by atoms with Crippen molar-refractivity contribution in [3.63, 3.8) is 0 Å². The first-order chi connectivity index (χ1) is 6.38. The molecule has 0 aromatic rings. The van der Waals surface area contributed by atoms with E-state index in [-0.39, 0.29) is 0 Å². The van der Waals surface area contributed by atoms with Crippen molar-refractivity contribution in [3.8, 4) is 0 Å². The molecule has 1 aliphatic carbocycles. The predicted molar refractivity (Wildman–Crippen MR) is 56.7 cm³/mol. The third kappa shape index (κ3) is 4.66. The summed E-state index contributed by atoms with van der Waals surface area (Å²) in [6.07, 6.45) is 11.1. The summed E-state index contributed by atoms with van der Waals surface area (Å²) < 4.78 is 0. The Morgan fingerprint density at radius 3 is 2.31 bits per heavy atom. The van der Waals surface area contributed by atoms with Crippen LogP contribution in [-0.4, -0.2) is 11.7 Å². The van der Waals surface area contributed by atoms with Crippen LogP contribution in [0.2, 0.25) is 0 Å². The maximum atomic E-state index is 8.85. The molecule has 1 heteroatoms. The number of unbranched alkanes of at least 4 members (excludes halogenated alkanes) is 5. The minimum Gasteiger partial charge on any atom is -0.396 e. The van der Waals surface area contributed by atoms with E-state index in [1.54, 1.807) is 0 Å². The normalized spacial score (nSPS) is 26.3. The minimum absolute atomic E-state index is 0.431. The van der Waals surface area contributed by atoms with E-state index >= 15 is 0 Å². The smallest absolute Gasteiger partial charge is 0.0462 e.